The molecule has 0 aliphatic heterocycles. The molecule has 4 rings (SSSR count). The van der Waals surface area contributed by atoms with Gasteiger partial charge in [0.05, 0.1) is 24.2 Å². The molecule has 0 aliphatic rings. The number of benzene rings is 2. The highest BCUT2D eigenvalue weighted by atomic mass is 79.9. The van der Waals surface area contributed by atoms with Gasteiger partial charge in [-0.05, 0) is 53.9 Å². The van der Waals surface area contributed by atoms with Gasteiger partial charge in [-0.2, -0.15) is 0 Å². The predicted octanol–water partition coefficient (Wildman–Crippen LogP) is 6.37. The topological polar surface area (TPSA) is 30.4 Å². The van der Waals surface area contributed by atoms with Gasteiger partial charge in [-0.15, -0.1) is 28.3 Å². The third kappa shape index (κ3) is 4.51. The van der Waals surface area contributed by atoms with Gasteiger partial charge in [-0.25, -0.2) is 9.38 Å². The van der Waals surface area contributed by atoms with E-state index in [1.54, 1.807) is 29.7 Å². The van der Waals surface area contributed by atoms with E-state index in [0.29, 0.717) is 6.54 Å². The number of halogens is 2. The summed E-state index contributed by atoms with van der Waals surface area (Å²) in [7, 11) is 0. The van der Waals surface area contributed by atoms with Crippen molar-refractivity contribution in [3.63, 3.8) is 0 Å². The van der Waals surface area contributed by atoms with Crippen LogP contribution in [0.15, 0.2) is 81.7 Å². The first-order chi connectivity index (χ1) is 13.2. The minimum Gasteiger partial charge on any atom is -0.467 e. The summed E-state index contributed by atoms with van der Waals surface area (Å²) in [6, 6.07) is 18.6. The van der Waals surface area contributed by atoms with E-state index in [9.17, 15) is 4.39 Å². The van der Waals surface area contributed by atoms with Gasteiger partial charge in [-0.1, -0.05) is 31.2 Å². The quantitative estimate of drug-likeness (QED) is 0.341. The summed E-state index contributed by atoms with van der Waals surface area (Å²) in [5, 5.41) is 2.10. The Morgan fingerprint density at radius 3 is 2.43 bits per heavy atom. The minimum atomic E-state index is -0.264. The highest BCUT2D eigenvalue weighted by Crippen LogP contribution is 2.23. The van der Waals surface area contributed by atoms with Crippen LogP contribution in [0, 0.1) is 5.82 Å². The predicted molar refractivity (Wildman–Crippen MR) is 117 cm³/mol. The lowest BCUT2D eigenvalue weighted by atomic mass is 10.1. The Morgan fingerprint density at radius 2 is 1.79 bits per heavy atom. The Bertz CT molecular complexity index is 1080. The molecule has 0 fully saturated rings. The lowest BCUT2D eigenvalue weighted by Gasteiger charge is -2.08. The van der Waals surface area contributed by atoms with Crippen LogP contribution in [-0.4, -0.2) is 4.57 Å². The van der Waals surface area contributed by atoms with E-state index in [-0.39, 0.29) is 22.8 Å². The lowest BCUT2D eigenvalue weighted by Crippen LogP contribution is -2.16. The molecule has 2 heterocycles. The van der Waals surface area contributed by atoms with Crippen molar-refractivity contribution >= 4 is 34.0 Å². The van der Waals surface area contributed by atoms with Crippen molar-refractivity contribution in [2.75, 3.05) is 0 Å². The molecule has 0 N–H and O–H groups in total. The lowest BCUT2D eigenvalue weighted by molar-refractivity contribution is 0.492. The molecule has 0 aliphatic carbocycles. The van der Waals surface area contributed by atoms with Crippen LogP contribution in [0.3, 0.4) is 0 Å². The van der Waals surface area contributed by atoms with Crippen molar-refractivity contribution in [2.45, 2.75) is 19.9 Å². The molecule has 4 aromatic rings. The molecule has 0 spiro atoms. The normalized spacial score (nSPS) is 11.4. The molecule has 6 heteroatoms. The monoisotopic (exact) mass is 458 g/mol. The molecular formula is C22H20BrFN2OS. The van der Waals surface area contributed by atoms with Crippen LogP contribution < -0.4 is 4.80 Å². The number of thiazole rings is 1. The SMILES string of the molecule is Br.CCc1ccc(-c2csc(=Nc3ccc(F)cc3)n2Cc2ccco2)cc1. The highest BCUT2D eigenvalue weighted by molar-refractivity contribution is 8.93. The van der Waals surface area contributed by atoms with Crippen molar-refractivity contribution in [2.24, 2.45) is 4.99 Å². The number of aromatic nitrogens is 1. The smallest absolute Gasteiger partial charge is 0.190 e. The third-order valence-corrected chi connectivity index (χ3v) is 5.26. The van der Waals surface area contributed by atoms with E-state index < -0.39 is 0 Å². The van der Waals surface area contributed by atoms with E-state index in [4.69, 9.17) is 9.41 Å². The molecule has 0 saturated heterocycles. The summed E-state index contributed by atoms with van der Waals surface area (Å²) >= 11 is 1.56. The molecule has 0 atom stereocenters. The van der Waals surface area contributed by atoms with Crippen LogP contribution in [0.25, 0.3) is 11.3 Å². The fourth-order valence-electron chi connectivity index (χ4n) is 2.90. The van der Waals surface area contributed by atoms with Crippen molar-refractivity contribution in [3.8, 4) is 11.3 Å². The van der Waals surface area contributed by atoms with Crippen LogP contribution in [0.5, 0.6) is 0 Å². The number of nitrogens with zero attached hydrogens (tertiary/aromatic N) is 2. The van der Waals surface area contributed by atoms with Gasteiger partial charge < -0.3 is 8.98 Å². The molecular weight excluding hydrogens is 439 g/mol. The van der Waals surface area contributed by atoms with Gasteiger partial charge in [0.2, 0.25) is 0 Å². The Kier molecular flexibility index (Phi) is 6.65. The van der Waals surface area contributed by atoms with Crippen molar-refractivity contribution in [1.29, 1.82) is 0 Å². The summed E-state index contributed by atoms with van der Waals surface area (Å²) in [6.07, 6.45) is 2.69. The highest BCUT2D eigenvalue weighted by Gasteiger charge is 2.10. The summed E-state index contributed by atoms with van der Waals surface area (Å²) in [5.74, 6) is 0.598. The van der Waals surface area contributed by atoms with E-state index in [1.807, 2.05) is 12.1 Å². The summed E-state index contributed by atoms with van der Waals surface area (Å²) in [5.41, 5.74) is 4.25. The van der Waals surface area contributed by atoms with Crippen LogP contribution in [-0.2, 0) is 13.0 Å². The van der Waals surface area contributed by atoms with Gasteiger partial charge in [0.1, 0.15) is 11.6 Å². The summed E-state index contributed by atoms with van der Waals surface area (Å²) in [4.78, 5) is 5.56. The fourth-order valence-corrected chi connectivity index (χ4v) is 3.83. The van der Waals surface area contributed by atoms with E-state index in [2.05, 4.69) is 41.1 Å². The Hall–Kier alpha value is -2.44. The fraction of sp³-hybridized carbons (Fsp3) is 0.136. The molecule has 0 radical (unpaired) electrons. The number of furan rings is 1. The Labute approximate surface area is 177 Å². The maximum Gasteiger partial charge on any atom is 0.190 e. The second kappa shape index (κ2) is 9.17. The molecule has 0 saturated carbocycles. The molecule has 0 amide bonds. The molecule has 144 valence electrons. The maximum absolute atomic E-state index is 13.2. The molecule has 0 bridgehead atoms. The zero-order valence-electron chi connectivity index (χ0n) is 15.3. The number of hydrogen-bond acceptors (Lipinski definition) is 3. The second-order valence-corrected chi connectivity index (χ2v) is 7.04. The molecule has 0 unspecified atom stereocenters. The van der Waals surface area contributed by atoms with Crippen LogP contribution in [0.2, 0.25) is 0 Å². The van der Waals surface area contributed by atoms with Crippen molar-refractivity contribution in [1.82, 2.24) is 4.57 Å². The van der Waals surface area contributed by atoms with E-state index >= 15 is 0 Å². The largest absolute Gasteiger partial charge is 0.467 e. The maximum atomic E-state index is 13.2. The summed E-state index contributed by atoms with van der Waals surface area (Å²) in [6.45, 7) is 2.73. The van der Waals surface area contributed by atoms with Gasteiger partial charge in [0.25, 0.3) is 0 Å². The molecule has 3 nitrogen and oxygen atoms in total. The van der Waals surface area contributed by atoms with E-state index in [0.717, 1.165) is 33.9 Å². The molecule has 2 aromatic heterocycles. The zero-order valence-corrected chi connectivity index (χ0v) is 17.9. The average molecular weight is 459 g/mol. The van der Waals surface area contributed by atoms with Crippen LogP contribution >= 0.6 is 28.3 Å². The van der Waals surface area contributed by atoms with Crippen molar-refractivity contribution in [3.05, 3.63) is 94.2 Å². The van der Waals surface area contributed by atoms with Crippen LogP contribution in [0.4, 0.5) is 10.1 Å². The molecule has 28 heavy (non-hydrogen) atoms. The standard InChI is InChI=1S/C22H19FN2OS.BrH/c1-2-16-5-7-17(8-6-16)21-15-27-22(24-19-11-9-18(23)10-12-19)25(21)14-20-4-3-13-26-20;/h3-13,15H,2,14H2,1H3;1H. The number of rotatable bonds is 5. The van der Waals surface area contributed by atoms with Crippen molar-refractivity contribution < 1.29 is 8.81 Å². The molecule has 2 aromatic carbocycles. The first-order valence-corrected chi connectivity index (χ1v) is 9.71. The zero-order chi connectivity index (χ0) is 18.6. The first-order valence-electron chi connectivity index (χ1n) is 8.83. The second-order valence-electron chi connectivity index (χ2n) is 6.21. The Balaban J connectivity index is 0.00000225. The minimum absolute atomic E-state index is 0. The first kappa shape index (κ1) is 20.3. The summed E-state index contributed by atoms with van der Waals surface area (Å²) < 4.78 is 20.9. The third-order valence-electron chi connectivity index (χ3n) is 4.40. The Morgan fingerprint density at radius 1 is 1.04 bits per heavy atom. The van der Waals surface area contributed by atoms with Gasteiger partial charge in [0, 0.05) is 5.38 Å². The van der Waals surface area contributed by atoms with Gasteiger partial charge in [0.15, 0.2) is 4.80 Å². The number of hydrogen-bond donors (Lipinski definition) is 0. The number of aryl methyl sites for hydroxylation is 1. The average Bonchev–Trinajstić information content (AvgIpc) is 3.35. The van der Waals surface area contributed by atoms with E-state index in [1.165, 1.54) is 17.7 Å². The van der Waals surface area contributed by atoms with Crippen LogP contribution in [0.1, 0.15) is 18.2 Å². The van der Waals surface area contributed by atoms with Gasteiger partial charge >= 0.3 is 0 Å². The van der Waals surface area contributed by atoms with Gasteiger partial charge in [-0.3, -0.25) is 0 Å².